The molecule has 41 heavy (non-hydrogen) atoms. The summed E-state index contributed by atoms with van der Waals surface area (Å²) < 4.78 is 36.9. The zero-order chi connectivity index (χ0) is 29.6. The zero-order valence-electron chi connectivity index (χ0n) is 23.5. The first-order valence-corrected chi connectivity index (χ1v) is 15.2. The van der Waals surface area contributed by atoms with Gasteiger partial charge >= 0.3 is 5.97 Å². The summed E-state index contributed by atoms with van der Waals surface area (Å²) >= 11 is 1.29. The number of anilines is 3. The van der Waals surface area contributed by atoms with Crippen molar-refractivity contribution >= 4 is 45.0 Å². The summed E-state index contributed by atoms with van der Waals surface area (Å²) in [5, 5.41) is 10.8. The molecule has 0 spiro atoms. The molecule has 0 unspecified atom stereocenters. The van der Waals surface area contributed by atoms with Crippen LogP contribution in [0.4, 0.5) is 17.5 Å². The van der Waals surface area contributed by atoms with Crippen LogP contribution >= 0.6 is 11.8 Å². The Hall–Kier alpha value is -4.10. The van der Waals surface area contributed by atoms with Gasteiger partial charge in [0.25, 0.3) is 0 Å². The predicted molar refractivity (Wildman–Crippen MR) is 158 cm³/mol. The number of nitrogens with one attached hydrogen (secondary N) is 2. The fraction of sp³-hybridized carbons (Fsp3) is 0.286. The smallest absolute Gasteiger partial charge is 0.338 e. The van der Waals surface area contributed by atoms with Crippen molar-refractivity contribution in [1.82, 2.24) is 20.2 Å². The van der Waals surface area contributed by atoms with Crippen molar-refractivity contribution < 1.29 is 22.7 Å². The van der Waals surface area contributed by atoms with Gasteiger partial charge in [-0.3, -0.25) is 5.10 Å². The first kappa shape index (κ1) is 29.9. The highest BCUT2D eigenvalue weighted by Gasteiger charge is 2.22. The van der Waals surface area contributed by atoms with Gasteiger partial charge in [0.05, 0.1) is 30.4 Å². The highest BCUT2D eigenvalue weighted by Crippen LogP contribution is 2.38. The highest BCUT2D eigenvalue weighted by atomic mass is 32.2. The van der Waals surface area contributed by atoms with Crippen LogP contribution in [0.25, 0.3) is 0 Å². The van der Waals surface area contributed by atoms with E-state index in [4.69, 9.17) is 14.5 Å². The number of sulfone groups is 1. The second-order valence-corrected chi connectivity index (χ2v) is 12.2. The summed E-state index contributed by atoms with van der Waals surface area (Å²) in [4.78, 5) is 24.4. The van der Waals surface area contributed by atoms with Gasteiger partial charge in [0.1, 0.15) is 0 Å². The molecule has 4 aromatic rings. The Morgan fingerprint density at radius 1 is 1.10 bits per heavy atom. The van der Waals surface area contributed by atoms with E-state index in [0.717, 1.165) is 23.6 Å². The number of aromatic amines is 1. The Morgan fingerprint density at radius 2 is 1.83 bits per heavy atom. The number of carbonyl (C=O) groups excluding carboxylic acids is 1. The maximum absolute atomic E-state index is 13.2. The van der Waals surface area contributed by atoms with E-state index in [1.807, 2.05) is 24.9 Å². The van der Waals surface area contributed by atoms with Crippen molar-refractivity contribution in [2.24, 2.45) is 0 Å². The number of ether oxygens (including phenoxy) is 2. The number of nitrogens with zero attached hydrogens (tertiary/aromatic N) is 4. The van der Waals surface area contributed by atoms with E-state index < -0.39 is 15.8 Å². The summed E-state index contributed by atoms with van der Waals surface area (Å²) in [5.74, 6) is 1.23. The lowest BCUT2D eigenvalue weighted by Crippen LogP contribution is -2.21. The molecular formula is C28H32N6O5S2. The third-order valence-electron chi connectivity index (χ3n) is 6.06. The summed E-state index contributed by atoms with van der Waals surface area (Å²) in [7, 11) is 1.03. The summed E-state index contributed by atoms with van der Waals surface area (Å²) in [6.45, 7) is 4.73. The SMILES string of the molecule is CCCN(C)c1nc(Sc2ccc(S(=O)(=O)Cc3ccccc3C(=O)OC)cc2)nc(Nc2cc(C)[nH]n2)c1OC. The van der Waals surface area contributed by atoms with Crippen LogP contribution in [-0.4, -0.2) is 62.4 Å². The van der Waals surface area contributed by atoms with Gasteiger partial charge in [-0.2, -0.15) is 5.10 Å². The van der Waals surface area contributed by atoms with E-state index in [1.165, 1.54) is 31.0 Å². The number of hydrogen-bond acceptors (Lipinski definition) is 11. The van der Waals surface area contributed by atoms with Gasteiger partial charge in [-0.05, 0) is 61.0 Å². The molecule has 13 heteroatoms. The van der Waals surface area contributed by atoms with Gasteiger partial charge in [-0.15, -0.1) is 0 Å². The maximum atomic E-state index is 13.2. The zero-order valence-corrected chi connectivity index (χ0v) is 25.1. The first-order valence-electron chi connectivity index (χ1n) is 12.8. The predicted octanol–water partition coefficient (Wildman–Crippen LogP) is 5.02. The number of rotatable bonds is 12. The van der Waals surface area contributed by atoms with Crippen molar-refractivity contribution in [1.29, 1.82) is 0 Å². The molecule has 2 heterocycles. The number of H-pyrrole nitrogens is 1. The third kappa shape index (κ3) is 7.16. The topological polar surface area (TPSA) is 139 Å². The third-order valence-corrected chi connectivity index (χ3v) is 8.62. The van der Waals surface area contributed by atoms with Gasteiger partial charge in [-0.25, -0.2) is 23.2 Å². The minimum Gasteiger partial charge on any atom is -0.490 e. The average molecular weight is 597 g/mol. The Morgan fingerprint density at radius 3 is 2.46 bits per heavy atom. The monoisotopic (exact) mass is 596 g/mol. The van der Waals surface area contributed by atoms with Crippen LogP contribution in [-0.2, 0) is 20.3 Å². The Kier molecular flexibility index (Phi) is 9.50. The molecule has 0 fully saturated rings. The van der Waals surface area contributed by atoms with E-state index >= 15 is 0 Å². The normalized spacial score (nSPS) is 11.2. The number of aromatic nitrogens is 4. The Labute approximate surface area is 243 Å². The molecule has 0 amide bonds. The minimum absolute atomic E-state index is 0.136. The number of hydrogen-bond donors (Lipinski definition) is 2. The molecule has 2 aromatic heterocycles. The van der Waals surface area contributed by atoms with Gasteiger partial charge in [0.2, 0.25) is 5.75 Å². The highest BCUT2D eigenvalue weighted by molar-refractivity contribution is 7.99. The van der Waals surface area contributed by atoms with E-state index in [9.17, 15) is 13.2 Å². The Balaban J connectivity index is 1.61. The van der Waals surface area contributed by atoms with E-state index in [1.54, 1.807) is 43.5 Å². The van der Waals surface area contributed by atoms with Crippen LogP contribution < -0.4 is 15.0 Å². The van der Waals surface area contributed by atoms with E-state index in [-0.39, 0.29) is 16.2 Å². The van der Waals surface area contributed by atoms with Gasteiger partial charge in [0.15, 0.2) is 32.4 Å². The number of esters is 1. The molecule has 0 aliphatic rings. The van der Waals surface area contributed by atoms with Gasteiger partial charge in [0, 0.05) is 30.2 Å². The van der Waals surface area contributed by atoms with E-state index in [2.05, 4.69) is 27.4 Å². The average Bonchev–Trinajstić information content (AvgIpc) is 3.37. The molecule has 2 N–H and O–H groups in total. The molecule has 0 bridgehead atoms. The first-order chi connectivity index (χ1) is 19.6. The summed E-state index contributed by atoms with van der Waals surface area (Å²) in [6.07, 6.45) is 0.910. The van der Waals surface area contributed by atoms with E-state index in [0.29, 0.717) is 33.9 Å². The van der Waals surface area contributed by atoms with Crippen LogP contribution in [0.3, 0.4) is 0 Å². The maximum Gasteiger partial charge on any atom is 0.338 e. The minimum atomic E-state index is -3.73. The summed E-state index contributed by atoms with van der Waals surface area (Å²) in [5.41, 5.74) is 1.49. The lowest BCUT2D eigenvalue weighted by atomic mass is 10.1. The molecule has 0 atom stereocenters. The second-order valence-electron chi connectivity index (χ2n) is 9.18. The molecule has 2 aromatic carbocycles. The van der Waals surface area contributed by atoms with Crippen molar-refractivity contribution in [3.05, 3.63) is 71.4 Å². The summed E-state index contributed by atoms with van der Waals surface area (Å²) in [6, 6.07) is 14.9. The van der Waals surface area contributed by atoms with Crippen molar-refractivity contribution in [2.45, 2.75) is 41.0 Å². The fourth-order valence-electron chi connectivity index (χ4n) is 4.10. The molecule has 0 aliphatic carbocycles. The van der Waals surface area contributed by atoms with Crippen molar-refractivity contribution in [3.8, 4) is 5.75 Å². The fourth-order valence-corrected chi connectivity index (χ4v) is 6.23. The van der Waals surface area contributed by atoms with Crippen molar-refractivity contribution in [3.63, 3.8) is 0 Å². The molecule has 0 radical (unpaired) electrons. The number of aryl methyl sites for hydroxylation is 1. The molecular weight excluding hydrogens is 564 g/mol. The lowest BCUT2D eigenvalue weighted by Gasteiger charge is -2.22. The van der Waals surface area contributed by atoms with Crippen LogP contribution in [0.15, 0.2) is 69.5 Å². The van der Waals surface area contributed by atoms with Crippen molar-refractivity contribution in [2.75, 3.05) is 38.0 Å². The molecule has 0 saturated heterocycles. The molecule has 0 saturated carbocycles. The van der Waals surface area contributed by atoms with Crippen LogP contribution in [0, 0.1) is 6.92 Å². The lowest BCUT2D eigenvalue weighted by molar-refractivity contribution is 0.0600. The number of methoxy groups -OCH3 is 2. The van der Waals surface area contributed by atoms with Crippen LogP contribution in [0.5, 0.6) is 5.75 Å². The molecule has 0 aliphatic heterocycles. The molecule has 4 rings (SSSR count). The standard InChI is InChI=1S/C28H32N6O5S2/c1-6-15-34(3)26-24(38-4)25(29-23-16-18(2)32-33-23)30-28(31-26)40-20-11-13-21(14-12-20)41(36,37)17-19-9-7-8-10-22(19)27(35)39-5/h7-14,16H,6,15,17H2,1-5H3,(H2,29,30,31,32,33). The molecule has 216 valence electrons. The quantitative estimate of drug-likeness (QED) is 0.168. The van der Waals surface area contributed by atoms with Crippen LogP contribution in [0.2, 0.25) is 0 Å². The molecule has 11 nitrogen and oxygen atoms in total. The Bertz CT molecular complexity index is 1620. The second kappa shape index (κ2) is 13.0. The van der Waals surface area contributed by atoms with Gasteiger partial charge < -0.3 is 19.7 Å². The largest absolute Gasteiger partial charge is 0.490 e. The van der Waals surface area contributed by atoms with Crippen LogP contribution in [0.1, 0.15) is 35.0 Å². The number of benzene rings is 2. The van der Waals surface area contributed by atoms with Gasteiger partial charge in [-0.1, -0.05) is 25.1 Å². The number of carbonyl (C=O) groups is 1.